The lowest BCUT2D eigenvalue weighted by atomic mass is 9.86. The van der Waals surface area contributed by atoms with E-state index in [4.69, 9.17) is 10.00 Å². The zero-order valence-corrected chi connectivity index (χ0v) is 15.6. The van der Waals surface area contributed by atoms with Crippen molar-refractivity contribution in [1.82, 2.24) is 0 Å². The predicted octanol–water partition coefficient (Wildman–Crippen LogP) is 4.48. The van der Waals surface area contributed by atoms with Gasteiger partial charge in [0.25, 0.3) is 0 Å². The molecule has 2 aromatic carbocycles. The molecular formula is C20H17FNOPS. The average molecular weight is 369 g/mol. The fourth-order valence-corrected chi connectivity index (χ4v) is 3.41. The third-order valence-corrected chi connectivity index (χ3v) is 5.53. The van der Waals surface area contributed by atoms with Crippen molar-refractivity contribution in [1.29, 1.82) is 5.26 Å². The van der Waals surface area contributed by atoms with E-state index < -0.39 is 5.82 Å². The Morgan fingerprint density at radius 1 is 1.16 bits per heavy atom. The maximum absolute atomic E-state index is 14.0. The fraction of sp³-hybridized carbons (Fsp3) is 0.250. The molecule has 5 heteroatoms. The van der Waals surface area contributed by atoms with Crippen molar-refractivity contribution in [3.8, 4) is 23.0 Å². The molecule has 1 unspecified atom stereocenters. The first kappa shape index (κ1) is 17.8. The van der Waals surface area contributed by atoms with E-state index in [9.17, 15) is 4.39 Å². The second-order valence-corrected chi connectivity index (χ2v) is 7.37. The molecule has 0 spiro atoms. The minimum atomic E-state index is -0.428. The van der Waals surface area contributed by atoms with Crippen molar-refractivity contribution in [2.75, 3.05) is 6.61 Å². The Hall–Kier alpha value is -2.00. The first-order valence-corrected chi connectivity index (χ1v) is 9.45. The minimum absolute atomic E-state index is 0.325. The summed E-state index contributed by atoms with van der Waals surface area (Å²) in [6.07, 6.45) is 3.85. The Balaban J connectivity index is 1.67. The molecule has 2 aromatic rings. The molecule has 3 rings (SSSR count). The third kappa shape index (κ3) is 4.76. The Morgan fingerprint density at radius 3 is 2.48 bits per heavy atom. The number of ether oxygens (including phenoxy) is 1. The second kappa shape index (κ2) is 8.39. The Kier molecular flexibility index (Phi) is 5.98. The number of rotatable bonds is 4. The van der Waals surface area contributed by atoms with Crippen LogP contribution in [0.5, 0.6) is 5.75 Å². The molecule has 0 heterocycles. The molecule has 25 heavy (non-hydrogen) atoms. The van der Waals surface area contributed by atoms with Crippen LogP contribution in [0.15, 0.2) is 41.3 Å². The van der Waals surface area contributed by atoms with Crippen LogP contribution in [0.1, 0.15) is 30.4 Å². The molecule has 1 fully saturated rings. The normalized spacial score (nSPS) is 13.3. The van der Waals surface area contributed by atoms with Crippen LogP contribution >= 0.6 is 21.0 Å². The summed E-state index contributed by atoms with van der Waals surface area (Å²) in [4.78, 5) is 0.325. The van der Waals surface area contributed by atoms with Crippen LogP contribution in [0.2, 0.25) is 0 Å². The van der Waals surface area contributed by atoms with Crippen molar-refractivity contribution in [2.45, 2.75) is 24.2 Å². The molecule has 0 aliphatic heterocycles. The number of nitriles is 1. The zero-order chi connectivity index (χ0) is 17.6. The average Bonchev–Trinajstić information content (AvgIpc) is 2.56. The maximum atomic E-state index is 14.0. The van der Waals surface area contributed by atoms with Crippen molar-refractivity contribution in [2.24, 2.45) is 5.92 Å². The predicted molar refractivity (Wildman–Crippen MR) is 102 cm³/mol. The number of hydrogen-bond acceptors (Lipinski definition) is 3. The van der Waals surface area contributed by atoms with Gasteiger partial charge in [-0.1, -0.05) is 18.3 Å². The number of nitrogens with zero attached hydrogens (tertiary/aromatic N) is 1. The van der Waals surface area contributed by atoms with Crippen LogP contribution in [-0.2, 0) is 0 Å². The third-order valence-electron chi connectivity index (χ3n) is 4.14. The molecule has 0 radical (unpaired) electrons. The smallest absolute Gasteiger partial charge is 0.139 e. The SMILES string of the molecule is N#CSc1c(F)cc(C#Cc2ccc(OCC3CCC3)cc2)cc1P. The highest BCUT2D eigenvalue weighted by Crippen LogP contribution is 2.27. The number of thioether (sulfide) groups is 1. The summed E-state index contributed by atoms with van der Waals surface area (Å²) in [6, 6.07) is 10.8. The first-order valence-electron chi connectivity index (χ1n) is 8.05. The molecule has 1 aliphatic rings. The monoisotopic (exact) mass is 369 g/mol. The molecule has 1 atom stereocenters. The summed E-state index contributed by atoms with van der Waals surface area (Å²) in [7, 11) is 2.45. The molecule has 0 amide bonds. The van der Waals surface area contributed by atoms with Gasteiger partial charge in [0.1, 0.15) is 17.0 Å². The van der Waals surface area contributed by atoms with E-state index >= 15 is 0 Å². The van der Waals surface area contributed by atoms with E-state index in [0.29, 0.717) is 21.7 Å². The van der Waals surface area contributed by atoms with Gasteiger partial charge in [-0.15, -0.1) is 9.24 Å². The van der Waals surface area contributed by atoms with E-state index in [1.54, 1.807) is 6.07 Å². The topological polar surface area (TPSA) is 33.0 Å². The van der Waals surface area contributed by atoms with Gasteiger partial charge in [0.15, 0.2) is 0 Å². The van der Waals surface area contributed by atoms with Gasteiger partial charge in [-0.2, -0.15) is 5.26 Å². The summed E-state index contributed by atoms with van der Waals surface area (Å²) < 4.78 is 19.8. The van der Waals surface area contributed by atoms with Gasteiger partial charge >= 0.3 is 0 Å². The lowest BCUT2D eigenvalue weighted by molar-refractivity contribution is 0.180. The molecular weight excluding hydrogens is 352 g/mol. The molecule has 126 valence electrons. The zero-order valence-electron chi connectivity index (χ0n) is 13.6. The molecule has 1 aliphatic carbocycles. The Morgan fingerprint density at radius 2 is 1.88 bits per heavy atom. The van der Waals surface area contributed by atoms with E-state index in [2.05, 4.69) is 21.1 Å². The minimum Gasteiger partial charge on any atom is -0.493 e. The number of halogens is 1. The Labute approximate surface area is 154 Å². The van der Waals surface area contributed by atoms with Gasteiger partial charge in [-0.3, -0.25) is 0 Å². The van der Waals surface area contributed by atoms with Crippen molar-refractivity contribution in [3.63, 3.8) is 0 Å². The van der Waals surface area contributed by atoms with Crippen molar-refractivity contribution in [3.05, 3.63) is 53.3 Å². The number of thiocyanates is 1. The summed E-state index contributed by atoms with van der Waals surface area (Å²) in [5, 5.41) is 11.2. The van der Waals surface area contributed by atoms with Crippen LogP contribution in [0.25, 0.3) is 0 Å². The van der Waals surface area contributed by atoms with Gasteiger partial charge in [0.05, 0.1) is 11.5 Å². The molecule has 0 N–H and O–H groups in total. The van der Waals surface area contributed by atoms with E-state index in [-0.39, 0.29) is 0 Å². The second-order valence-electron chi connectivity index (χ2n) is 5.95. The highest BCUT2D eigenvalue weighted by atomic mass is 32.2. The molecule has 0 aromatic heterocycles. The Bertz CT molecular complexity index is 837. The van der Waals surface area contributed by atoms with Gasteiger partial charge in [0, 0.05) is 11.1 Å². The van der Waals surface area contributed by atoms with Gasteiger partial charge in [0.2, 0.25) is 0 Å². The highest BCUT2D eigenvalue weighted by molar-refractivity contribution is 8.04. The molecule has 0 bridgehead atoms. The molecule has 2 nitrogen and oxygen atoms in total. The molecule has 1 saturated carbocycles. The lowest BCUT2D eigenvalue weighted by Gasteiger charge is -2.25. The van der Waals surface area contributed by atoms with E-state index in [1.165, 1.54) is 25.3 Å². The van der Waals surface area contributed by atoms with Crippen molar-refractivity contribution < 1.29 is 9.13 Å². The van der Waals surface area contributed by atoms with Crippen LogP contribution in [0, 0.1) is 34.2 Å². The fourth-order valence-electron chi connectivity index (χ4n) is 2.49. The quantitative estimate of drug-likeness (QED) is 0.345. The van der Waals surface area contributed by atoms with E-state index in [0.717, 1.165) is 29.7 Å². The van der Waals surface area contributed by atoms with Crippen LogP contribution < -0.4 is 10.0 Å². The van der Waals surface area contributed by atoms with Crippen molar-refractivity contribution >= 4 is 26.3 Å². The summed E-state index contributed by atoms with van der Waals surface area (Å²) in [5.74, 6) is 7.13. The summed E-state index contributed by atoms with van der Waals surface area (Å²) in [6.45, 7) is 0.786. The van der Waals surface area contributed by atoms with Gasteiger partial charge in [-0.25, -0.2) is 4.39 Å². The molecule has 0 saturated heterocycles. The largest absolute Gasteiger partial charge is 0.493 e. The summed E-state index contributed by atoms with van der Waals surface area (Å²) in [5.41, 5.74) is 1.42. The van der Waals surface area contributed by atoms with Gasteiger partial charge in [-0.05, 0) is 72.2 Å². The highest BCUT2D eigenvalue weighted by Gasteiger charge is 2.17. The first-order chi connectivity index (χ1) is 12.2. The van der Waals surface area contributed by atoms with Gasteiger partial charge < -0.3 is 4.74 Å². The maximum Gasteiger partial charge on any atom is 0.139 e. The standard InChI is InChI=1S/C20H17FNOPS/c21-18-10-16(11-19(24)20(18)25-13-22)5-4-14-6-8-17(9-7-14)23-12-15-2-1-3-15/h6-11,15H,1-3,12,24H2. The van der Waals surface area contributed by atoms with Crippen LogP contribution in [0.4, 0.5) is 4.39 Å². The summed E-state index contributed by atoms with van der Waals surface area (Å²) >= 11 is 0.813. The van der Waals surface area contributed by atoms with Crippen LogP contribution in [0.3, 0.4) is 0 Å². The number of hydrogen-bond donors (Lipinski definition) is 0. The number of benzene rings is 2. The lowest BCUT2D eigenvalue weighted by Crippen LogP contribution is -2.19. The van der Waals surface area contributed by atoms with E-state index in [1.807, 2.05) is 29.7 Å². The van der Waals surface area contributed by atoms with Crippen LogP contribution in [-0.4, -0.2) is 6.61 Å².